The summed E-state index contributed by atoms with van der Waals surface area (Å²) in [6.45, 7) is 9.64. The van der Waals surface area contributed by atoms with Crippen LogP contribution in [0.3, 0.4) is 0 Å². The Morgan fingerprint density at radius 2 is 2.08 bits per heavy atom. The molecule has 0 aliphatic carbocycles. The molecule has 2 aromatic rings. The number of hydrogen-bond acceptors (Lipinski definition) is 2. The Morgan fingerprint density at radius 3 is 2.76 bits per heavy atom. The SMILES string of the molecule is CCN1c2cc(F)c(C=Nc3cccc(Cl)c3)cc2C(C)CC1(C)C. The number of hydrogen-bond donors (Lipinski definition) is 0. The highest BCUT2D eigenvalue weighted by molar-refractivity contribution is 6.30. The van der Waals surface area contributed by atoms with Gasteiger partial charge in [0.05, 0.1) is 5.69 Å². The predicted octanol–water partition coefficient (Wildman–Crippen LogP) is 6.34. The van der Waals surface area contributed by atoms with Crippen molar-refractivity contribution >= 4 is 29.2 Å². The third-order valence-electron chi connectivity index (χ3n) is 4.98. The van der Waals surface area contributed by atoms with Crippen molar-refractivity contribution in [2.75, 3.05) is 11.4 Å². The van der Waals surface area contributed by atoms with Gasteiger partial charge < -0.3 is 4.90 Å². The fourth-order valence-corrected chi connectivity index (χ4v) is 4.10. The van der Waals surface area contributed by atoms with Crippen molar-refractivity contribution in [1.82, 2.24) is 0 Å². The van der Waals surface area contributed by atoms with E-state index in [1.165, 1.54) is 5.56 Å². The topological polar surface area (TPSA) is 15.6 Å². The van der Waals surface area contributed by atoms with Gasteiger partial charge in [-0.2, -0.15) is 0 Å². The second-order valence-electron chi connectivity index (χ2n) is 7.33. The van der Waals surface area contributed by atoms with Gasteiger partial charge >= 0.3 is 0 Å². The summed E-state index contributed by atoms with van der Waals surface area (Å²) >= 11 is 5.98. The lowest BCUT2D eigenvalue weighted by Gasteiger charge is -2.47. The predicted molar refractivity (Wildman–Crippen MR) is 105 cm³/mol. The molecule has 1 aliphatic heterocycles. The molecule has 3 rings (SSSR count). The zero-order chi connectivity index (χ0) is 18.2. The van der Waals surface area contributed by atoms with Crippen molar-refractivity contribution in [2.24, 2.45) is 4.99 Å². The van der Waals surface area contributed by atoms with Crippen LogP contribution >= 0.6 is 11.6 Å². The summed E-state index contributed by atoms with van der Waals surface area (Å²) < 4.78 is 14.7. The zero-order valence-electron chi connectivity index (χ0n) is 15.2. The van der Waals surface area contributed by atoms with E-state index in [0.29, 0.717) is 22.2 Å². The van der Waals surface area contributed by atoms with Crippen LogP contribution in [-0.4, -0.2) is 18.3 Å². The van der Waals surface area contributed by atoms with E-state index in [1.54, 1.807) is 24.4 Å². The average molecular weight is 359 g/mol. The van der Waals surface area contributed by atoms with Crippen molar-refractivity contribution in [3.05, 3.63) is 58.4 Å². The molecule has 2 nitrogen and oxygen atoms in total. The minimum Gasteiger partial charge on any atom is -0.366 e. The van der Waals surface area contributed by atoms with Crippen molar-refractivity contribution in [2.45, 2.75) is 45.6 Å². The van der Waals surface area contributed by atoms with Crippen molar-refractivity contribution < 1.29 is 4.39 Å². The van der Waals surface area contributed by atoms with Crippen LogP contribution in [0.25, 0.3) is 0 Å². The van der Waals surface area contributed by atoms with Gasteiger partial charge in [-0.25, -0.2) is 4.39 Å². The van der Waals surface area contributed by atoms with Crippen LogP contribution in [0.15, 0.2) is 41.4 Å². The first-order valence-corrected chi connectivity index (χ1v) is 9.10. The van der Waals surface area contributed by atoms with E-state index in [2.05, 4.69) is 37.6 Å². The maximum Gasteiger partial charge on any atom is 0.134 e. The van der Waals surface area contributed by atoms with Gasteiger partial charge in [0.15, 0.2) is 0 Å². The van der Waals surface area contributed by atoms with E-state index in [-0.39, 0.29) is 11.4 Å². The van der Waals surface area contributed by atoms with E-state index in [4.69, 9.17) is 11.6 Å². The Morgan fingerprint density at radius 1 is 1.32 bits per heavy atom. The second-order valence-corrected chi connectivity index (χ2v) is 7.77. The summed E-state index contributed by atoms with van der Waals surface area (Å²) in [4.78, 5) is 6.67. The maximum absolute atomic E-state index is 14.7. The van der Waals surface area contributed by atoms with E-state index < -0.39 is 0 Å². The lowest BCUT2D eigenvalue weighted by Crippen LogP contribution is -2.48. The largest absolute Gasteiger partial charge is 0.366 e. The van der Waals surface area contributed by atoms with Crippen molar-refractivity contribution in [1.29, 1.82) is 0 Å². The Balaban J connectivity index is 2.00. The molecule has 0 radical (unpaired) electrons. The molecule has 4 heteroatoms. The van der Waals surface area contributed by atoms with Gasteiger partial charge in [0, 0.05) is 34.6 Å². The van der Waals surface area contributed by atoms with Crippen LogP contribution < -0.4 is 4.90 Å². The Hall–Kier alpha value is -1.87. The average Bonchev–Trinajstić information content (AvgIpc) is 2.53. The standard InChI is InChI=1S/C21H24ClFN2/c1-5-25-20-11-19(23)15(9-18(20)14(2)12-21(25,3)4)13-24-17-8-6-7-16(22)10-17/h6-11,13-14H,5,12H2,1-4H3. The molecule has 0 spiro atoms. The van der Waals surface area contributed by atoms with Gasteiger partial charge in [0.25, 0.3) is 0 Å². The van der Waals surface area contributed by atoms with Gasteiger partial charge in [-0.15, -0.1) is 0 Å². The van der Waals surface area contributed by atoms with Crippen LogP contribution in [0, 0.1) is 5.82 Å². The molecule has 0 bridgehead atoms. The molecule has 0 saturated carbocycles. The highest BCUT2D eigenvalue weighted by Crippen LogP contribution is 2.43. The van der Waals surface area contributed by atoms with Gasteiger partial charge in [-0.1, -0.05) is 24.6 Å². The molecule has 25 heavy (non-hydrogen) atoms. The van der Waals surface area contributed by atoms with Gasteiger partial charge in [0.2, 0.25) is 0 Å². The molecule has 132 valence electrons. The van der Waals surface area contributed by atoms with E-state index in [0.717, 1.165) is 18.7 Å². The minimum absolute atomic E-state index is 0.0317. The molecule has 2 aromatic carbocycles. The van der Waals surface area contributed by atoms with Crippen molar-refractivity contribution in [3.8, 4) is 0 Å². The Bertz CT molecular complexity index is 814. The molecule has 0 fully saturated rings. The summed E-state index contributed by atoms with van der Waals surface area (Å²) in [7, 11) is 0. The molecule has 1 unspecified atom stereocenters. The molecular weight excluding hydrogens is 335 g/mol. The first-order valence-electron chi connectivity index (χ1n) is 8.72. The number of anilines is 1. The number of halogens is 2. The Labute approximate surface area is 154 Å². The number of rotatable bonds is 3. The number of nitrogens with zero attached hydrogens (tertiary/aromatic N) is 2. The third-order valence-corrected chi connectivity index (χ3v) is 5.22. The van der Waals surface area contributed by atoms with Gasteiger partial charge in [-0.3, -0.25) is 4.99 Å². The fraction of sp³-hybridized carbons (Fsp3) is 0.381. The van der Waals surface area contributed by atoms with Crippen LogP contribution in [0.4, 0.5) is 15.8 Å². The smallest absolute Gasteiger partial charge is 0.134 e. The van der Waals surface area contributed by atoms with Crippen LogP contribution in [-0.2, 0) is 0 Å². The van der Waals surface area contributed by atoms with E-state index in [1.807, 2.05) is 18.2 Å². The highest BCUT2D eigenvalue weighted by Gasteiger charge is 2.36. The maximum atomic E-state index is 14.7. The van der Waals surface area contributed by atoms with Crippen LogP contribution in [0.2, 0.25) is 5.02 Å². The minimum atomic E-state index is -0.243. The molecule has 0 aromatic heterocycles. The quantitative estimate of drug-likeness (QED) is 0.584. The monoisotopic (exact) mass is 358 g/mol. The highest BCUT2D eigenvalue weighted by atomic mass is 35.5. The third kappa shape index (κ3) is 3.57. The summed E-state index contributed by atoms with van der Waals surface area (Å²) in [5.74, 6) is 0.139. The first kappa shape index (κ1) is 17.9. The van der Waals surface area contributed by atoms with Crippen LogP contribution in [0.1, 0.15) is 51.2 Å². The lowest BCUT2D eigenvalue weighted by molar-refractivity contribution is 0.380. The number of fused-ring (bicyclic) bond motifs is 1. The number of aliphatic imine (C=N–C) groups is 1. The summed E-state index contributed by atoms with van der Waals surface area (Å²) in [6, 6.07) is 10.8. The summed E-state index contributed by atoms with van der Waals surface area (Å²) in [6.07, 6.45) is 2.63. The van der Waals surface area contributed by atoms with Gasteiger partial charge in [-0.05, 0) is 69.0 Å². The summed E-state index contributed by atoms with van der Waals surface area (Å²) in [5.41, 5.74) is 3.46. The lowest BCUT2D eigenvalue weighted by atomic mass is 9.79. The van der Waals surface area contributed by atoms with E-state index in [9.17, 15) is 4.39 Å². The first-order chi connectivity index (χ1) is 11.8. The fourth-order valence-electron chi connectivity index (χ4n) is 3.92. The zero-order valence-corrected chi connectivity index (χ0v) is 15.9. The molecular formula is C21H24ClFN2. The Kier molecular flexibility index (Phi) is 4.88. The van der Waals surface area contributed by atoms with Gasteiger partial charge in [0.1, 0.15) is 5.82 Å². The van der Waals surface area contributed by atoms with E-state index >= 15 is 0 Å². The molecule has 1 aliphatic rings. The molecule has 0 amide bonds. The summed E-state index contributed by atoms with van der Waals surface area (Å²) in [5, 5.41) is 0.620. The molecule has 0 N–H and O–H groups in total. The molecule has 1 atom stereocenters. The molecule has 0 saturated heterocycles. The van der Waals surface area contributed by atoms with Crippen molar-refractivity contribution in [3.63, 3.8) is 0 Å². The molecule has 1 heterocycles. The second kappa shape index (κ2) is 6.80. The van der Waals surface area contributed by atoms with Crippen LogP contribution in [0.5, 0.6) is 0 Å². The number of benzene rings is 2. The normalized spacial score (nSPS) is 19.3.